The molecule has 12 heteroatoms. The molecular formula is C30H19F6N3O3. The Bertz CT molecular complexity index is 1630. The van der Waals surface area contributed by atoms with Crippen LogP contribution in [0.5, 0.6) is 0 Å². The number of nitrogens with zero attached hydrogens (tertiary/aromatic N) is 2. The van der Waals surface area contributed by atoms with Crippen LogP contribution in [0.4, 0.5) is 32.0 Å². The van der Waals surface area contributed by atoms with Crippen LogP contribution < -0.4 is 5.32 Å². The molecule has 0 aliphatic rings. The zero-order valence-corrected chi connectivity index (χ0v) is 21.2. The number of rotatable bonds is 7. The lowest BCUT2D eigenvalue weighted by molar-refractivity contribution is -0.143. The van der Waals surface area contributed by atoms with Gasteiger partial charge in [0.15, 0.2) is 0 Å². The van der Waals surface area contributed by atoms with Crippen LogP contribution in [0, 0.1) is 0 Å². The highest BCUT2D eigenvalue weighted by Gasteiger charge is 2.37. The maximum atomic E-state index is 13.4. The smallest absolute Gasteiger partial charge is 0.416 e. The summed E-state index contributed by atoms with van der Waals surface area (Å²) in [5.74, 6) is -2.38. The summed E-state index contributed by atoms with van der Waals surface area (Å²) in [4.78, 5) is 33.1. The average molecular weight is 583 g/mol. The van der Waals surface area contributed by atoms with Crippen LogP contribution in [-0.2, 0) is 17.1 Å². The maximum absolute atomic E-state index is 13.4. The van der Waals surface area contributed by atoms with E-state index in [9.17, 15) is 41.0 Å². The van der Waals surface area contributed by atoms with E-state index in [0.717, 1.165) is 0 Å². The zero-order valence-electron chi connectivity index (χ0n) is 21.2. The first-order valence-corrected chi connectivity index (χ1v) is 12.0. The summed E-state index contributed by atoms with van der Waals surface area (Å²) in [6.45, 7) is 0. The molecule has 42 heavy (non-hydrogen) atoms. The van der Waals surface area contributed by atoms with E-state index in [0.29, 0.717) is 23.9 Å². The Labute approximate surface area is 234 Å². The lowest BCUT2D eigenvalue weighted by atomic mass is 9.98. The van der Waals surface area contributed by atoms with E-state index in [1.54, 1.807) is 66.7 Å². The van der Waals surface area contributed by atoms with Crippen molar-refractivity contribution in [2.45, 2.75) is 12.4 Å². The predicted molar refractivity (Wildman–Crippen MR) is 143 cm³/mol. The molecular weight excluding hydrogens is 564 g/mol. The quantitative estimate of drug-likeness (QED) is 0.135. The molecule has 0 unspecified atom stereocenters. The Morgan fingerprint density at radius 3 is 1.93 bits per heavy atom. The molecule has 4 rings (SSSR count). The van der Waals surface area contributed by atoms with Crippen molar-refractivity contribution in [3.63, 3.8) is 0 Å². The van der Waals surface area contributed by atoms with E-state index in [-0.39, 0.29) is 28.7 Å². The van der Waals surface area contributed by atoms with E-state index in [1.165, 1.54) is 12.3 Å². The van der Waals surface area contributed by atoms with Gasteiger partial charge in [0.1, 0.15) is 5.69 Å². The maximum Gasteiger partial charge on any atom is 0.416 e. The normalized spacial score (nSPS) is 12.6. The Morgan fingerprint density at radius 1 is 0.762 bits per heavy atom. The summed E-state index contributed by atoms with van der Waals surface area (Å²) in [5.41, 5.74) is -4.00. The Balaban J connectivity index is 1.89. The van der Waals surface area contributed by atoms with Crippen molar-refractivity contribution in [3.8, 4) is 0 Å². The number of nitrogens with one attached hydrogen (secondary N) is 1. The second-order valence-corrected chi connectivity index (χ2v) is 8.70. The first-order chi connectivity index (χ1) is 19.8. The second-order valence-electron chi connectivity index (χ2n) is 8.70. The molecule has 1 aromatic heterocycles. The van der Waals surface area contributed by atoms with Crippen LogP contribution in [0.25, 0.3) is 5.57 Å². The van der Waals surface area contributed by atoms with Crippen molar-refractivity contribution in [3.05, 3.63) is 137 Å². The number of alkyl halides is 6. The van der Waals surface area contributed by atoms with Gasteiger partial charge in [-0.3, -0.25) is 14.8 Å². The Morgan fingerprint density at radius 2 is 1.36 bits per heavy atom. The van der Waals surface area contributed by atoms with Gasteiger partial charge in [-0.25, -0.2) is 4.79 Å². The molecule has 6 nitrogen and oxygen atoms in total. The number of aromatic nitrogens is 1. The topological polar surface area (TPSA) is 91.6 Å². The van der Waals surface area contributed by atoms with Gasteiger partial charge in [0.25, 0.3) is 5.91 Å². The summed E-state index contributed by atoms with van der Waals surface area (Å²) in [5, 5.41) is 12.5. The van der Waals surface area contributed by atoms with Gasteiger partial charge in [0.2, 0.25) is 0 Å². The molecule has 3 aromatic carbocycles. The standard InChI is InChI=1S/C30H19F6N3O3/c31-29(32,33)20-14-19(15-21(16-20)30(34,35)36)23(28(41)42)17-38-26(18-8-2-1-3-9-18)22-10-4-5-11-24(22)39-27(40)25-12-6-7-13-37-25/h1-17H,(H,39,40)(H,41,42)/b23-17-,38-26?. The van der Waals surface area contributed by atoms with Gasteiger partial charge in [-0.1, -0.05) is 54.6 Å². The van der Waals surface area contributed by atoms with Crippen molar-refractivity contribution < 1.29 is 41.0 Å². The van der Waals surface area contributed by atoms with Gasteiger partial charge >= 0.3 is 18.3 Å². The van der Waals surface area contributed by atoms with Gasteiger partial charge in [-0.05, 0) is 42.0 Å². The number of hydrogen-bond acceptors (Lipinski definition) is 4. The van der Waals surface area contributed by atoms with Gasteiger partial charge in [-0.15, -0.1) is 0 Å². The molecule has 0 spiro atoms. The van der Waals surface area contributed by atoms with Crippen LogP contribution >= 0.6 is 0 Å². The van der Waals surface area contributed by atoms with Crippen LogP contribution in [0.2, 0.25) is 0 Å². The Hall–Kier alpha value is -5.26. The third-order valence-corrected chi connectivity index (χ3v) is 5.83. The number of carbonyl (C=O) groups is 2. The molecule has 214 valence electrons. The fourth-order valence-electron chi connectivity index (χ4n) is 3.87. The fourth-order valence-corrected chi connectivity index (χ4v) is 3.87. The molecule has 0 aliphatic carbocycles. The number of hydrogen-bond donors (Lipinski definition) is 2. The number of carboxylic acid groups (broad SMARTS) is 1. The third-order valence-electron chi connectivity index (χ3n) is 5.83. The lowest BCUT2D eigenvalue weighted by Crippen LogP contribution is -2.16. The predicted octanol–water partition coefficient (Wildman–Crippen LogP) is 7.33. The molecule has 1 amide bonds. The lowest BCUT2D eigenvalue weighted by Gasteiger charge is -2.15. The van der Waals surface area contributed by atoms with E-state index >= 15 is 0 Å². The SMILES string of the molecule is O=C(O)/C(=C\N=C(c1ccccc1)c1ccccc1NC(=O)c1ccccn1)c1cc(C(F)(F)F)cc(C(F)(F)F)c1. The summed E-state index contributed by atoms with van der Waals surface area (Å²) < 4.78 is 80.6. The Kier molecular flexibility index (Phi) is 8.55. The number of amides is 1. The molecule has 0 fully saturated rings. The van der Waals surface area contributed by atoms with Crippen LogP contribution in [-0.4, -0.2) is 27.7 Å². The zero-order chi connectivity index (χ0) is 30.5. The van der Waals surface area contributed by atoms with Gasteiger partial charge < -0.3 is 10.4 Å². The number of pyridine rings is 1. The number of aliphatic imine (C=N–C) groups is 1. The highest BCUT2D eigenvalue weighted by atomic mass is 19.4. The van der Waals surface area contributed by atoms with Gasteiger partial charge in [0, 0.05) is 23.5 Å². The number of aliphatic carboxylic acids is 1. The van der Waals surface area contributed by atoms with Crippen molar-refractivity contribution in [1.29, 1.82) is 0 Å². The summed E-state index contributed by atoms with van der Waals surface area (Å²) in [6.07, 6.45) is -8.25. The molecule has 0 bridgehead atoms. The van der Waals surface area contributed by atoms with Crippen molar-refractivity contribution >= 4 is 28.8 Å². The van der Waals surface area contributed by atoms with Crippen molar-refractivity contribution in [2.75, 3.05) is 5.32 Å². The van der Waals surface area contributed by atoms with Crippen LogP contribution in [0.3, 0.4) is 0 Å². The average Bonchev–Trinajstić information content (AvgIpc) is 2.95. The van der Waals surface area contributed by atoms with E-state index < -0.39 is 46.5 Å². The minimum Gasteiger partial charge on any atom is -0.478 e. The first-order valence-electron chi connectivity index (χ1n) is 12.0. The van der Waals surface area contributed by atoms with E-state index in [4.69, 9.17) is 0 Å². The highest BCUT2D eigenvalue weighted by molar-refractivity contribution is 6.20. The van der Waals surface area contributed by atoms with Gasteiger partial charge in [-0.2, -0.15) is 26.3 Å². The summed E-state index contributed by atoms with van der Waals surface area (Å²) in [6, 6.07) is 19.8. The monoisotopic (exact) mass is 583 g/mol. The molecule has 0 saturated heterocycles. The molecule has 2 N–H and O–H groups in total. The summed E-state index contributed by atoms with van der Waals surface area (Å²) in [7, 11) is 0. The molecule has 4 aromatic rings. The second kappa shape index (κ2) is 12.1. The first kappa shape index (κ1) is 29.7. The highest BCUT2D eigenvalue weighted by Crippen LogP contribution is 2.38. The fraction of sp³-hybridized carbons (Fsp3) is 0.0667. The summed E-state index contributed by atoms with van der Waals surface area (Å²) >= 11 is 0. The third kappa shape index (κ3) is 7.08. The molecule has 0 saturated carbocycles. The molecule has 0 radical (unpaired) electrons. The number of halogens is 6. The number of benzene rings is 3. The number of carboxylic acids is 1. The van der Waals surface area contributed by atoms with E-state index in [2.05, 4.69) is 15.3 Å². The molecule has 0 atom stereocenters. The molecule has 1 heterocycles. The van der Waals surface area contributed by atoms with Crippen LogP contribution in [0.15, 0.2) is 108 Å². The minimum absolute atomic E-state index is 0.0780. The van der Waals surface area contributed by atoms with Crippen LogP contribution in [0.1, 0.15) is 38.3 Å². The number of carbonyl (C=O) groups excluding carboxylic acids is 1. The number of anilines is 1. The largest absolute Gasteiger partial charge is 0.478 e. The minimum atomic E-state index is -5.18. The van der Waals surface area contributed by atoms with Crippen molar-refractivity contribution in [1.82, 2.24) is 4.98 Å². The molecule has 0 aliphatic heterocycles. The van der Waals surface area contributed by atoms with Crippen molar-refractivity contribution in [2.24, 2.45) is 4.99 Å². The van der Waals surface area contributed by atoms with Gasteiger partial charge in [0.05, 0.1) is 28.1 Å². The number of para-hydroxylation sites is 1. The van der Waals surface area contributed by atoms with E-state index in [1.807, 2.05) is 0 Å².